The molecule has 0 aliphatic heterocycles. The second-order valence-corrected chi connectivity index (χ2v) is 14.8. The van der Waals surface area contributed by atoms with E-state index in [4.69, 9.17) is 0 Å². The smallest absolute Gasteiger partial charge is 0.0462 e. The van der Waals surface area contributed by atoms with Gasteiger partial charge in [-0.15, -0.1) is 11.3 Å². The average molecular weight is 706 g/mol. The molecule has 0 N–H and O–H groups in total. The summed E-state index contributed by atoms with van der Waals surface area (Å²) >= 11 is 1.87. The van der Waals surface area contributed by atoms with Crippen LogP contribution in [0.25, 0.3) is 75.5 Å². The number of rotatable bonds is 7. The van der Waals surface area contributed by atoms with E-state index < -0.39 is 0 Å². The van der Waals surface area contributed by atoms with E-state index in [0.29, 0.717) is 0 Å². The van der Waals surface area contributed by atoms with E-state index in [1.165, 1.54) is 75.5 Å². The van der Waals surface area contributed by atoms with Gasteiger partial charge < -0.3 is 4.90 Å². The van der Waals surface area contributed by atoms with Gasteiger partial charge in [-0.1, -0.05) is 146 Å². The first-order valence-corrected chi connectivity index (χ1v) is 19.2. The molecule has 10 rings (SSSR count). The monoisotopic (exact) mass is 705 g/mol. The molecule has 1 aromatic heterocycles. The quantitative estimate of drug-likeness (QED) is 0.160. The summed E-state index contributed by atoms with van der Waals surface area (Å²) in [6.45, 7) is 0. The molecule has 1 heterocycles. The van der Waals surface area contributed by atoms with Crippen LogP contribution in [0.15, 0.2) is 212 Å². The summed E-state index contributed by atoms with van der Waals surface area (Å²) in [5, 5.41) is 5.17. The molecular weight excluding hydrogens is 671 g/mol. The second-order valence-electron chi connectivity index (χ2n) is 13.8. The van der Waals surface area contributed by atoms with E-state index in [9.17, 15) is 0 Å². The molecule has 1 nitrogen and oxygen atoms in total. The molecular formula is C52H35NS. The van der Waals surface area contributed by atoms with E-state index in [-0.39, 0.29) is 0 Å². The first-order valence-electron chi connectivity index (χ1n) is 18.4. The maximum absolute atomic E-state index is 2.38. The molecule has 0 radical (unpaired) electrons. The Morgan fingerprint density at radius 3 is 1.43 bits per heavy atom. The topological polar surface area (TPSA) is 3.24 Å². The van der Waals surface area contributed by atoms with E-state index >= 15 is 0 Å². The van der Waals surface area contributed by atoms with Crippen molar-refractivity contribution >= 4 is 59.3 Å². The summed E-state index contributed by atoms with van der Waals surface area (Å²) in [6, 6.07) is 77.0. The van der Waals surface area contributed by atoms with Crippen molar-refractivity contribution < 1.29 is 0 Å². The zero-order valence-corrected chi connectivity index (χ0v) is 30.4. The molecule has 0 saturated carbocycles. The number of anilines is 3. The molecule has 254 valence electrons. The Hall–Kier alpha value is -6.74. The summed E-state index contributed by atoms with van der Waals surface area (Å²) in [5.41, 5.74) is 13.2. The zero-order valence-electron chi connectivity index (χ0n) is 29.6. The largest absolute Gasteiger partial charge is 0.311 e. The van der Waals surface area contributed by atoms with Gasteiger partial charge >= 0.3 is 0 Å². The number of hydrogen-bond acceptors (Lipinski definition) is 2. The minimum Gasteiger partial charge on any atom is -0.311 e. The Balaban J connectivity index is 0.975. The number of fused-ring (bicyclic) bond motifs is 4. The lowest BCUT2D eigenvalue weighted by Gasteiger charge is -2.26. The van der Waals surface area contributed by atoms with Crippen molar-refractivity contribution in [1.82, 2.24) is 0 Å². The normalized spacial score (nSPS) is 11.3. The average Bonchev–Trinajstić information content (AvgIpc) is 3.62. The Labute approximate surface area is 319 Å². The molecule has 0 aliphatic carbocycles. The molecule has 0 aliphatic rings. The van der Waals surface area contributed by atoms with Crippen molar-refractivity contribution in [3.8, 4) is 44.5 Å². The molecule has 10 aromatic rings. The van der Waals surface area contributed by atoms with Crippen LogP contribution in [-0.4, -0.2) is 0 Å². The van der Waals surface area contributed by atoms with Crippen molar-refractivity contribution in [2.24, 2.45) is 0 Å². The van der Waals surface area contributed by atoms with Gasteiger partial charge in [0.2, 0.25) is 0 Å². The Morgan fingerprint density at radius 1 is 0.278 bits per heavy atom. The molecule has 0 saturated heterocycles. The van der Waals surface area contributed by atoms with E-state index in [0.717, 1.165) is 17.1 Å². The maximum atomic E-state index is 2.38. The lowest BCUT2D eigenvalue weighted by atomic mass is 9.96. The van der Waals surface area contributed by atoms with Gasteiger partial charge in [0.25, 0.3) is 0 Å². The second kappa shape index (κ2) is 13.7. The number of nitrogens with zero attached hydrogens (tertiary/aromatic N) is 1. The minimum absolute atomic E-state index is 1.12. The predicted octanol–water partition coefficient (Wildman–Crippen LogP) is 15.3. The SMILES string of the molecule is c1ccc(-c2ccc(N(c3ccccc3)c3ccc(-c4cccc(-c5ccc6sc7ccc(-c8cccc9ccccc89)cc7c6c5)c4)cc3)cc2)cc1. The maximum Gasteiger partial charge on any atom is 0.0462 e. The lowest BCUT2D eigenvalue weighted by Crippen LogP contribution is -2.09. The van der Waals surface area contributed by atoms with Gasteiger partial charge in [0.15, 0.2) is 0 Å². The molecule has 0 bridgehead atoms. The summed E-state index contributed by atoms with van der Waals surface area (Å²) in [4.78, 5) is 2.32. The molecule has 54 heavy (non-hydrogen) atoms. The van der Waals surface area contributed by atoms with Crippen LogP contribution in [-0.2, 0) is 0 Å². The highest BCUT2D eigenvalue weighted by molar-refractivity contribution is 7.25. The number of hydrogen-bond donors (Lipinski definition) is 0. The molecule has 9 aromatic carbocycles. The van der Waals surface area contributed by atoms with Crippen molar-refractivity contribution in [3.63, 3.8) is 0 Å². The Morgan fingerprint density at radius 2 is 0.722 bits per heavy atom. The molecule has 0 amide bonds. The first-order chi connectivity index (χ1) is 26.7. The predicted molar refractivity (Wildman–Crippen MR) is 233 cm³/mol. The van der Waals surface area contributed by atoms with Gasteiger partial charge in [-0.05, 0) is 122 Å². The summed E-state index contributed by atoms with van der Waals surface area (Å²) in [6.07, 6.45) is 0. The molecule has 0 atom stereocenters. The van der Waals surface area contributed by atoms with Crippen LogP contribution in [0.3, 0.4) is 0 Å². The van der Waals surface area contributed by atoms with Gasteiger partial charge in [0.1, 0.15) is 0 Å². The van der Waals surface area contributed by atoms with Crippen molar-refractivity contribution in [2.45, 2.75) is 0 Å². The van der Waals surface area contributed by atoms with Crippen LogP contribution in [0, 0.1) is 0 Å². The van der Waals surface area contributed by atoms with Gasteiger partial charge in [-0.25, -0.2) is 0 Å². The van der Waals surface area contributed by atoms with Crippen LogP contribution in [0.1, 0.15) is 0 Å². The van der Waals surface area contributed by atoms with Gasteiger partial charge in [0.05, 0.1) is 0 Å². The summed E-state index contributed by atoms with van der Waals surface area (Å²) in [5.74, 6) is 0. The van der Waals surface area contributed by atoms with Gasteiger partial charge in [-0.2, -0.15) is 0 Å². The molecule has 2 heteroatoms. The van der Waals surface area contributed by atoms with Crippen molar-refractivity contribution in [2.75, 3.05) is 4.90 Å². The van der Waals surface area contributed by atoms with Crippen LogP contribution in [0.4, 0.5) is 17.1 Å². The Kier molecular flexibility index (Phi) is 8.09. The van der Waals surface area contributed by atoms with E-state index in [1.54, 1.807) is 0 Å². The first kappa shape index (κ1) is 32.0. The fourth-order valence-electron chi connectivity index (χ4n) is 7.74. The Bertz CT molecular complexity index is 2900. The zero-order chi connectivity index (χ0) is 35.8. The third kappa shape index (κ3) is 5.93. The minimum atomic E-state index is 1.12. The van der Waals surface area contributed by atoms with Crippen LogP contribution in [0.5, 0.6) is 0 Å². The fourth-order valence-corrected chi connectivity index (χ4v) is 8.81. The van der Waals surface area contributed by atoms with Crippen LogP contribution < -0.4 is 4.90 Å². The van der Waals surface area contributed by atoms with Crippen LogP contribution in [0.2, 0.25) is 0 Å². The summed E-state index contributed by atoms with van der Waals surface area (Å²) in [7, 11) is 0. The fraction of sp³-hybridized carbons (Fsp3) is 0. The lowest BCUT2D eigenvalue weighted by molar-refractivity contribution is 1.28. The molecule has 0 fully saturated rings. The molecule has 0 unspecified atom stereocenters. The van der Waals surface area contributed by atoms with Gasteiger partial charge in [-0.3, -0.25) is 0 Å². The van der Waals surface area contributed by atoms with Crippen LogP contribution >= 0.6 is 11.3 Å². The highest BCUT2D eigenvalue weighted by Gasteiger charge is 2.14. The number of para-hydroxylation sites is 1. The third-order valence-corrected chi connectivity index (χ3v) is 11.6. The summed E-state index contributed by atoms with van der Waals surface area (Å²) < 4.78 is 2.63. The van der Waals surface area contributed by atoms with Crippen molar-refractivity contribution in [1.29, 1.82) is 0 Å². The highest BCUT2D eigenvalue weighted by atomic mass is 32.1. The highest BCUT2D eigenvalue weighted by Crippen LogP contribution is 2.41. The van der Waals surface area contributed by atoms with E-state index in [2.05, 4.69) is 217 Å². The van der Waals surface area contributed by atoms with Crippen molar-refractivity contribution in [3.05, 3.63) is 212 Å². The van der Waals surface area contributed by atoms with Gasteiger partial charge in [0, 0.05) is 37.2 Å². The number of thiophene rings is 1. The standard InChI is InChI=1S/C52H35NS/c1-3-11-36(12-4-1)37-21-27-45(28-22-37)53(44-17-5-2-6-18-44)46-29-23-38(24-30-46)40-15-9-16-41(33-40)42-25-31-51-49(34-42)50-35-43(26-32-52(50)54-51)48-20-10-14-39-13-7-8-19-47(39)48/h1-35H. The molecule has 0 spiro atoms. The third-order valence-electron chi connectivity index (χ3n) is 10.5. The van der Waals surface area contributed by atoms with E-state index in [1.807, 2.05) is 11.3 Å². The number of benzene rings is 9.